The molecule has 104 valence electrons. The number of carbonyl (C=O) groups is 1. The molecule has 0 N–H and O–H groups in total. The van der Waals surface area contributed by atoms with Gasteiger partial charge in [-0.25, -0.2) is 0 Å². The summed E-state index contributed by atoms with van der Waals surface area (Å²) in [7, 11) is -0.604. The average molecular weight is 284 g/mol. The quantitative estimate of drug-likeness (QED) is 0.782. The Morgan fingerprint density at radius 3 is 1.60 bits per heavy atom. The van der Waals surface area contributed by atoms with Crippen molar-refractivity contribution in [3.8, 4) is 0 Å². The number of Topliss-reactive ketones (excluding diaryl/α,β-unsaturated/α-hetero) is 1. The predicted octanol–water partition coefficient (Wildman–Crippen LogP) is 3.73. The van der Waals surface area contributed by atoms with Gasteiger partial charge in [0.2, 0.25) is 0 Å². The van der Waals surface area contributed by atoms with Crippen LogP contribution in [-0.2, 0) is 4.79 Å². The molecule has 2 rings (SSSR count). The Morgan fingerprint density at radius 2 is 1.25 bits per heavy atom. The number of rotatable bonds is 4. The number of carbonyl (C=O) groups excluding carboxylic acids is 1. The minimum Gasteiger partial charge on any atom is -0.299 e. The fourth-order valence-electron chi connectivity index (χ4n) is 1.93. The van der Waals surface area contributed by atoms with E-state index in [-0.39, 0.29) is 5.41 Å². The molecule has 0 bridgehead atoms. The second-order valence-corrected chi connectivity index (χ2v) is 8.14. The van der Waals surface area contributed by atoms with Gasteiger partial charge in [0.15, 0.2) is 0 Å². The summed E-state index contributed by atoms with van der Waals surface area (Å²) in [6, 6.07) is 20.8. The van der Waals surface area contributed by atoms with Gasteiger partial charge in [-0.2, -0.15) is 0 Å². The molecule has 1 nitrogen and oxygen atoms in total. The van der Waals surface area contributed by atoms with Crippen LogP contribution >= 0.6 is 7.92 Å². The second kappa shape index (κ2) is 6.33. The van der Waals surface area contributed by atoms with E-state index >= 15 is 0 Å². The van der Waals surface area contributed by atoms with E-state index in [2.05, 4.69) is 48.5 Å². The van der Waals surface area contributed by atoms with Gasteiger partial charge < -0.3 is 0 Å². The van der Waals surface area contributed by atoms with Gasteiger partial charge in [-0.05, 0) is 18.5 Å². The van der Waals surface area contributed by atoms with Crippen LogP contribution in [0.15, 0.2) is 60.7 Å². The van der Waals surface area contributed by atoms with Crippen molar-refractivity contribution in [3.63, 3.8) is 0 Å². The van der Waals surface area contributed by atoms with Crippen LogP contribution in [0.3, 0.4) is 0 Å². The lowest BCUT2D eigenvalue weighted by Gasteiger charge is -2.23. The lowest BCUT2D eigenvalue weighted by atomic mass is 9.92. The Bertz CT molecular complexity index is 515. The van der Waals surface area contributed by atoms with E-state index in [1.807, 2.05) is 32.9 Å². The van der Waals surface area contributed by atoms with Crippen molar-refractivity contribution < 1.29 is 4.79 Å². The molecule has 0 aliphatic rings. The molecule has 0 fully saturated rings. The highest BCUT2D eigenvalue weighted by Crippen LogP contribution is 2.35. The molecule has 2 aromatic rings. The molecule has 20 heavy (non-hydrogen) atoms. The van der Waals surface area contributed by atoms with E-state index in [0.717, 1.165) is 0 Å². The summed E-state index contributed by atoms with van der Waals surface area (Å²) < 4.78 is 0. The van der Waals surface area contributed by atoms with Crippen molar-refractivity contribution in [2.24, 2.45) is 5.41 Å². The maximum Gasteiger partial charge on any atom is 0.143 e. The van der Waals surface area contributed by atoms with Crippen molar-refractivity contribution in [1.82, 2.24) is 0 Å². The van der Waals surface area contributed by atoms with Crippen LogP contribution < -0.4 is 10.6 Å². The molecular weight excluding hydrogens is 263 g/mol. The summed E-state index contributed by atoms with van der Waals surface area (Å²) in [5.41, 5.74) is -0.274. The lowest BCUT2D eigenvalue weighted by molar-refractivity contribution is -0.123. The van der Waals surface area contributed by atoms with E-state index in [9.17, 15) is 4.79 Å². The van der Waals surface area contributed by atoms with Crippen molar-refractivity contribution in [3.05, 3.63) is 60.7 Å². The third-order valence-electron chi connectivity index (χ3n) is 3.27. The van der Waals surface area contributed by atoms with Crippen LogP contribution in [0.5, 0.6) is 0 Å². The minimum absolute atomic E-state index is 0.274. The molecule has 0 heterocycles. The molecule has 0 aromatic heterocycles. The first-order chi connectivity index (χ1) is 9.48. The molecule has 0 saturated heterocycles. The van der Waals surface area contributed by atoms with E-state index in [0.29, 0.717) is 11.9 Å². The van der Waals surface area contributed by atoms with Crippen molar-refractivity contribution in [2.45, 2.75) is 20.8 Å². The second-order valence-electron chi connectivity index (χ2n) is 5.93. The summed E-state index contributed by atoms with van der Waals surface area (Å²) >= 11 is 0. The van der Waals surface area contributed by atoms with E-state index < -0.39 is 7.92 Å². The summed E-state index contributed by atoms with van der Waals surface area (Å²) in [6.45, 7) is 6.00. The predicted molar refractivity (Wildman–Crippen MR) is 88.4 cm³/mol. The fraction of sp³-hybridized carbons (Fsp3) is 0.278. The van der Waals surface area contributed by atoms with Crippen molar-refractivity contribution >= 4 is 24.3 Å². The van der Waals surface area contributed by atoms with Gasteiger partial charge in [0.25, 0.3) is 0 Å². The molecule has 0 aliphatic heterocycles. The molecule has 0 unspecified atom stereocenters. The first-order valence-electron chi connectivity index (χ1n) is 6.89. The standard InChI is InChI=1S/C18H21OP/c1-18(2,3)17(19)14-20(15-10-6-4-7-11-15)16-12-8-5-9-13-16/h4-13H,14H2,1-3H3. The molecule has 2 aromatic carbocycles. The van der Waals surface area contributed by atoms with E-state index in [1.165, 1.54) is 10.6 Å². The molecule has 0 radical (unpaired) electrons. The van der Waals surface area contributed by atoms with Crippen molar-refractivity contribution in [1.29, 1.82) is 0 Å². The maximum absolute atomic E-state index is 12.4. The zero-order valence-corrected chi connectivity index (χ0v) is 13.2. The third kappa shape index (κ3) is 3.77. The molecular formula is C18H21OP. The number of hydrogen-bond donors (Lipinski definition) is 0. The van der Waals surface area contributed by atoms with Gasteiger partial charge >= 0.3 is 0 Å². The Kier molecular flexibility index (Phi) is 4.73. The smallest absolute Gasteiger partial charge is 0.143 e. The van der Waals surface area contributed by atoms with Crippen molar-refractivity contribution in [2.75, 3.05) is 6.16 Å². The van der Waals surface area contributed by atoms with Crippen LogP contribution in [0.25, 0.3) is 0 Å². The van der Waals surface area contributed by atoms with E-state index in [4.69, 9.17) is 0 Å². The van der Waals surface area contributed by atoms with Crippen LogP contribution in [0.1, 0.15) is 20.8 Å². The van der Waals surface area contributed by atoms with Gasteiger partial charge in [0.1, 0.15) is 5.78 Å². The first-order valence-corrected chi connectivity index (χ1v) is 8.42. The summed E-state index contributed by atoms with van der Waals surface area (Å²) in [5, 5.41) is 2.54. The monoisotopic (exact) mass is 284 g/mol. The van der Waals surface area contributed by atoms with Crippen LogP contribution in [-0.4, -0.2) is 11.9 Å². The highest BCUT2D eigenvalue weighted by atomic mass is 31.1. The summed E-state index contributed by atoms with van der Waals surface area (Å²) in [4.78, 5) is 12.4. The average Bonchev–Trinajstić information content (AvgIpc) is 2.45. The molecule has 0 atom stereocenters. The van der Waals surface area contributed by atoms with Crippen LogP contribution in [0, 0.1) is 5.41 Å². The molecule has 2 heteroatoms. The zero-order valence-electron chi connectivity index (χ0n) is 12.3. The van der Waals surface area contributed by atoms with Gasteiger partial charge in [-0.15, -0.1) is 0 Å². The van der Waals surface area contributed by atoms with Gasteiger partial charge in [0.05, 0.1) is 0 Å². The highest BCUT2D eigenvalue weighted by molar-refractivity contribution is 7.73. The van der Waals surface area contributed by atoms with Gasteiger partial charge in [0, 0.05) is 11.6 Å². The Morgan fingerprint density at radius 1 is 0.850 bits per heavy atom. The Labute approximate surface area is 122 Å². The Hall–Kier alpha value is -1.46. The largest absolute Gasteiger partial charge is 0.299 e. The summed E-state index contributed by atoms with van der Waals surface area (Å²) in [5.74, 6) is 0.330. The summed E-state index contributed by atoms with van der Waals surface area (Å²) in [6.07, 6.45) is 0.618. The normalized spacial score (nSPS) is 11.6. The molecule has 0 aliphatic carbocycles. The van der Waals surface area contributed by atoms with E-state index in [1.54, 1.807) is 0 Å². The maximum atomic E-state index is 12.4. The topological polar surface area (TPSA) is 17.1 Å². The minimum atomic E-state index is -0.604. The molecule has 0 amide bonds. The Balaban J connectivity index is 2.34. The van der Waals surface area contributed by atoms with Crippen LogP contribution in [0.4, 0.5) is 0 Å². The molecule has 0 saturated carbocycles. The van der Waals surface area contributed by atoms with Gasteiger partial charge in [-0.1, -0.05) is 81.4 Å². The zero-order chi connectivity index (χ0) is 14.6. The van der Waals surface area contributed by atoms with Gasteiger partial charge in [-0.3, -0.25) is 4.79 Å². The number of hydrogen-bond acceptors (Lipinski definition) is 1. The third-order valence-corrected chi connectivity index (χ3v) is 5.72. The number of ketones is 1. The highest BCUT2D eigenvalue weighted by Gasteiger charge is 2.26. The fourth-order valence-corrected chi connectivity index (χ4v) is 4.42. The lowest BCUT2D eigenvalue weighted by Crippen LogP contribution is -2.27. The van der Waals surface area contributed by atoms with Crippen LogP contribution in [0.2, 0.25) is 0 Å². The SMILES string of the molecule is CC(C)(C)C(=O)CP(c1ccccc1)c1ccccc1. The number of benzene rings is 2. The molecule has 0 spiro atoms. The first kappa shape index (κ1) is 14.9.